The van der Waals surface area contributed by atoms with E-state index in [1.807, 2.05) is 24.3 Å². The van der Waals surface area contributed by atoms with Gasteiger partial charge in [0.2, 0.25) is 0 Å². The van der Waals surface area contributed by atoms with E-state index in [2.05, 4.69) is 12.2 Å². The normalized spacial score (nSPS) is 12.6. The van der Waals surface area contributed by atoms with Gasteiger partial charge in [-0.25, -0.2) is 4.79 Å². The maximum atomic E-state index is 12.2. The second kappa shape index (κ2) is 7.97. The molecular weight excluding hydrogens is 278 g/mol. The van der Waals surface area contributed by atoms with Crippen molar-refractivity contribution in [1.29, 1.82) is 0 Å². The van der Waals surface area contributed by atoms with Gasteiger partial charge in [0.05, 0.1) is 0 Å². The van der Waals surface area contributed by atoms with Crippen LogP contribution in [0.1, 0.15) is 63.4 Å². The van der Waals surface area contributed by atoms with Gasteiger partial charge >= 0.3 is 6.09 Å². The number of benzene rings is 1. The van der Waals surface area contributed by atoms with Crippen molar-refractivity contribution < 1.29 is 14.3 Å². The summed E-state index contributed by atoms with van der Waals surface area (Å²) in [4.78, 5) is 23.9. The number of carbonyl (C=O) groups is 2. The Balaban J connectivity index is 2.51. The second-order valence-electron chi connectivity index (χ2n) is 6.62. The van der Waals surface area contributed by atoms with Crippen LogP contribution in [0.15, 0.2) is 24.3 Å². The summed E-state index contributed by atoms with van der Waals surface area (Å²) in [5, 5.41) is 2.69. The molecule has 4 heteroatoms. The van der Waals surface area contributed by atoms with Gasteiger partial charge in [0, 0.05) is 18.0 Å². The Labute approximate surface area is 133 Å². The zero-order valence-electron chi connectivity index (χ0n) is 14.2. The number of rotatable bonds is 6. The summed E-state index contributed by atoms with van der Waals surface area (Å²) in [6.45, 7) is 9.34. The van der Waals surface area contributed by atoms with Crippen molar-refractivity contribution in [3.05, 3.63) is 35.4 Å². The van der Waals surface area contributed by atoms with E-state index >= 15 is 0 Å². The molecule has 0 radical (unpaired) electrons. The van der Waals surface area contributed by atoms with Gasteiger partial charge in [-0.15, -0.1) is 0 Å². The highest BCUT2D eigenvalue weighted by atomic mass is 16.6. The molecule has 1 atom stereocenters. The average molecular weight is 305 g/mol. The van der Waals surface area contributed by atoms with E-state index in [0.717, 1.165) is 12.8 Å². The van der Waals surface area contributed by atoms with Gasteiger partial charge in [0.15, 0.2) is 5.78 Å². The lowest BCUT2D eigenvalue weighted by molar-refractivity contribution is 0.0506. The standard InChI is InChI=1S/C18H27NO3/c1-6-7-14-8-10-15(11-9-14)16(20)12-13(2)19-17(21)22-18(3,4)5/h8-11,13H,6-7,12H2,1-5H3,(H,19,21). The molecular formula is C18H27NO3. The van der Waals surface area contributed by atoms with Gasteiger partial charge in [-0.3, -0.25) is 4.79 Å². The fourth-order valence-electron chi connectivity index (χ4n) is 2.10. The van der Waals surface area contributed by atoms with Crippen LogP contribution in [0.2, 0.25) is 0 Å². The molecule has 0 heterocycles. The molecule has 0 bridgehead atoms. The lowest BCUT2D eigenvalue weighted by Gasteiger charge is -2.21. The summed E-state index contributed by atoms with van der Waals surface area (Å²) in [5.74, 6) is 0.0200. The molecule has 1 aromatic rings. The molecule has 1 amide bonds. The Morgan fingerprint density at radius 1 is 1.18 bits per heavy atom. The molecule has 0 fully saturated rings. The molecule has 0 aliphatic rings. The topological polar surface area (TPSA) is 55.4 Å². The molecule has 0 aromatic heterocycles. The Morgan fingerprint density at radius 3 is 2.27 bits per heavy atom. The molecule has 22 heavy (non-hydrogen) atoms. The van der Waals surface area contributed by atoms with Crippen LogP contribution in [0.3, 0.4) is 0 Å². The monoisotopic (exact) mass is 305 g/mol. The van der Waals surface area contributed by atoms with Gasteiger partial charge in [-0.1, -0.05) is 37.6 Å². The van der Waals surface area contributed by atoms with Crippen molar-refractivity contribution in [1.82, 2.24) is 5.32 Å². The minimum Gasteiger partial charge on any atom is -0.444 e. The van der Waals surface area contributed by atoms with Gasteiger partial charge < -0.3 is 10.1 Å². The van der Waals surface area contributed by atoms with E-state index in [9.17, 15) is 9.59 Å². The smallest absolute Gasteiger partial charge is 0.407 e. The third kappa shape index (κ3) is 6.74. The first kappa shape index (κ1) is 18.2. The lowest BCUT2D eigenvalue weighted by Crippen LogP contribution is -2.38. The highest BCUT2D eigenvalue weighted by molar-refractivity contribution is 5.96. The van der Waals surface area contributed by atoms with Crippen LogP contribution >= 0.6 is 0 Å². The van der Waals surface area contributed by atoms with Crippen LogP contribution in [-0.4, -0.2) is 23.5 Å². The summed E-state index contributed by atoms with van der Waals surface area (Å²) < 4.78 is 5.18. The van der Waals surface area contributed by atoms with Crippen LogP contribution in [0, 0.1) is 0 Å². The number of hydrogen-bond donors (Lipinski definition) is 1. The predicted molar refractivity (Wildman–Crippen MR) is 88.2 cm³/mol. The largest absolute Gasteiger partial charge is 0.444 e. The highest BCUT2D eigenvalue weighted by Gasteiger charge is 2.19. The molecule has 1 N–H and O–H groups in total. The summed E-state index contributed by atoms with van der Waals surface area (Å²) in [7, 11) is 0. The predicted octanol–water partition coefficient (Wildman–Crippen LogP) is 4.13. The Morgan fingerprint density at radius 2 is 1.77 bits per heavy atom. The second-order valence-corrected chi connectivity index (χ2v) is 6.62. The number of nitrogens with one attached hydrogen (secondary N) is 1. The molecule has 1 rings (SSSR count). The number of ketones is 1. The maximum Gasteiger partial charge on any atom is 0.407 e. The average Bonchev–Trinajstić information content (AvgIpc) is 2.37. The molecule has 122 valence electrons. The Kier molecular flexibility index (Phi) is 6.60. The van der Waals surface area contributed by atoms with Crippen LogP contribution in [0.5, 0.6) is 0 Å². The van der Waals surface area contributed by atoms with Crippen molar-refractivity contribution in [2.45, 2.75) is 65.5 Å². The molecule has 4 nitrogen and oxygen atoms in total. The number of aryl methyl sites for hydroxylation is 1. The Bertz CT molecular complexity index is 500. The summed E-state index contributed by atoms with van der Waals surface area (Å²) in [6.07, 6.45) is 1.87. The number of ether oxygens (including phenoxy) is 1. The lowest BCUT2D eigenvalue weighted by atomic mass is 10.0. The van der Waals surface area contributed by atoms with Crippen molar-refractivity contribution >= 4 is 11.9 Å². The van der Waals surface area contributed by atoms with Crippen LogP contribution < -0.4 is 5.32 Å². The van der Waals surface area contributed by atoms with Crippen LogP contribution in [-0.2, 0) is 11.2 Å². The van der Waals surface area contributed by atoms with E-state index in [4.69, 9.17) is 4.74 Å². The first-order valence-corrected chi connectivity index (χ1v) is 7.83. The highest BCUT2D eigenvalue weighted by Crippen LogP contribution is 2.11. The molecule has 0 aliphatic carbocycles. The first-order chi connectivity index (χ1) is 10.2. The van der Waals surface area contributed by atoms with Gasteiger partial charge in [-0.2, -0.15) is 0 Å². The molecule has 1 aromatic carbocycles. The van der Waals surface area contributed by atoms with E-state index in [1.165, 1.54) is 5.56 Å². The fraction of sp³-hybridized carbons (Fsp3) is 0.556. The summed E-state index contributed by atoms with van der Waals surface area (Å²) >= 11 is 0. The number of alkyl carbamates (subject to hydrolysis) is 1. The van der Waals surface area contributed by atoms with E-state index in [1.54, 1.807) is 27.7 Å². The van der Waals surface area contributed by atoms with E-state index in [0.29, 0.717) is 5.56 Å². The maximum absolute atomic E-state index is 12.2. The number of carbonyl (C=O) groups excluding carboxylic acids is 2. The Hall–Kier alpha value is -1.84. The van der Waals surface area contributed by atoms with Crippen LogP contribution in [0.4, 0.5) is 4.79 Å². The molecule has 0 saturated carbocycles. The third-order valence-electron chi connectivity index (χ3n) is 3.07. The minimum atomic E-state index is -0.539. The van der Waals surface area contributed by atoms with Gasteiger partial charge in [0.1, 0.15) is 5.60 Å². The summed E-state index contributed by atoms with van der Waals surface area (Å²) in [5.41, 5.74) is 1.37. The summed E-state index contributed by atoms with van der Waals surface area (Å²) in [6, 6.07) is 7.42. The number of amides is 1. The SMILES string of the molecule is CCCc1ccc(C(=O)CC(C)NC(=O)OC(C)(C)C)cc1. The number of hydrogen-bond acceptors (Lipinski definition) is 3. The molecule has 1 unspecified atom stereocenters. The molecule has 0 spiro atoms. The van der Waals surface area contributed by atoms with Crippen molar-refractivity contribution in [2.24, 2.45) is 0 Å². The third-order valence-corrected chi connectivity index (χ3v) is 3.07. The van der Waals surface area contributed by atoms with Gasteiger partial charge in [0.25, 0.3) is 0 Å². The first-order valence-electron chi connectivity index (χ1n) is 7.83. The van der Waals surface area contributed by atoms with E-state index < -0.39 is 11.7 Å². The minimum absolute atomic E-state index is 0.0200. The molecule has 0 saturated heterocycles. The van der Waals surface area contributed by atoms with Crippen molar-refractivity contribution in [3.8, 4) is 0 Å². The van der Waals surface area contributed by atoms with Crippen LogP contribution in [0.25, 0.3) is 0 Å². The molecule has 0 aliphatic heterocycles. The van der Waals surface area contributed by atoms with E-state index in [-0.39, 0.29) is 18.2 Å². The zero-order chi connectivity index (χ0) is 16.8. The van der Waals surface area contributed by atoms with Gasteiger partial charge in [-0.05, 0) is 39.7 Å². The number of Topliss-reactive ketones (excluding diaryl/α,β-unsaturated/α-hetero) is 1. The fourth-order valence-corrected chi connectivity index (χ4v) is 2.10. The zero-order valence-corrected chi connectivity index (χ0v) is 14.2. The van der Waals surface area contributed by atoms with Crippen molar-refractivity contribution in [3.63, 3.8) is 0 Å². The van der Waals surface area contributed by atoms with Crippen molar-refractivity contribution in [2.75, 3.05) is 0 Å². The quantitative estimate of drug-likeness (QED) is 0.804.